The Morgan fingerprint density at radius 1 is 1.28 bits per heavy atom. The molecular weight excluding hydrogens is 230 g/mol. The Bertz CT molecular complexity index is 534. The van der Waals surface area contributed by atoms with E-state index < -0.39 is 5.97 Å². The lowest BCUT2D eigenvalue weighted by molar-refractivity contribution is 0.0677. The minimum absolute atomic E-state index is 0.00213. The number of carboxylic acid groups (broad SMARTS) is 1. The van der Waals surface area contributed by atoms with Gasteiger partial charge < -0.3 is 9.67 Å². The fourth-order valence-electron chi connectivity index (χ4n) is 1.79. The number of aromatic carboxylic acids is 1. The Balaban J connectivity index is 2.44. The van der Waals surface area contributed by atoms with Crippen molar-refractivity contribution in [3.63, 3.8) is 0 Å². The van der Waals surface area contributed by atoms with Crippen molar-refractivity contribution in [3.05, 3.63) is 36.2 Å². The number of benzene rings is 1. The molecule has 0 radical (unpaired) electrons. The molecule has 0 fully saturated rings. The van der Waals surface area contributed by atoms with Gasteiger partial charge in [-0.15, -0.1) is 10.2 Å². The average Bonchev–Trinajstić information content (AvgIpc) is 2.81. The Hall–Kier alpha value is -2.17. The first kappa shape index (κ1) is 12.3. The highest BCUT2D eigenvalue weighted by Crippen LogP contribution is 2.18. The van der Waals surface area contributed by atoms with Crippen LogP contribution >= 0.6 is 0 Å². The van der Waals surface area contributed by atoms with Crippen LogP contribution in [0.2, 0.25) is 0 Å². The highest BCUT2D eigenvalue weighted by atomic mass is 16.4. The Labute approximate surface area is 105 Å². The van der Waals surface area contributed by atoms with Gasteiger partial charge in [-0.1, -0.05) is 43.7 Å². The summed E-state index contributed by atoms with van der Waals surface area (Å²) in [5.41, 5.74) is 0.883. The minimum Gasteiger partial charge on any atom is -0.475 e. The van der Waals surface area contributed by atoms with Crippen molar-refractivity contribution in [2.45, 2.75) is 26.3 Å². The predicted octanol–water partition coefficient (Wildman–Crippen LogP) is 2.44. The number of carboxylic acids is 1. The normalized spacial score (nSPS) is 10.5. The summed E-state index contributed by atoms with van der Waals surface area (Å²) >= 11 is 0. The number of aromatic nitrogens is 3. The quantitative estimate of drug-likeness (QED) is 0.878. The van der Waals surface area contributed by atoms with Gasteiger partial charge in [-0.05, 0) is 6.42 Å². The van der Waals surface area contributed by atoms with Crippen molar-refractivity contribution in [3.8, 4) is 11.4 Å². The number of hydrogen-bond acceptors (Lipinski definition) is 3. The summed E-state index contributed by atoms with van der Waals surface area (Å²) in [4.78, 5) is 11.1. The van der Waals surface area contributed by atoms with Crippen LogP contribution in [0.25, 0.3) is 11.4 Å². The Morgan fingerprint density at radius 3 is 2.61 bits per heavy atom. The topological polar surface area (TPSA) is 68.0 Å². The van der Waals surface area contributed by atoms with Gasteiger partial charge in [0.1, 0.15) is 0 Å². The van der Waals surface area contributed by atoms with Crippen LogP contribution in [0.5, 0.6) is 0 Å². The Kier molecular flexibility index (Phi) is 3.72. The van der Waals surface area contributed by atoms with E-state index in [1.807, 2.05) is 30.3 Å². The van der Waals surface area contributed by atoms with E-state index in [1.54, 1.807) is 4.57 Å². The van der Waals surface area contributed by atoms with Gasteiger partial charge in [0, 0.05) is 12.1 Å². The maximum absolute atomic E-state index is 11.1. The summed E-state index contributed by atoms with van der Waals surface area (Å²) in [6.07, 6.45) is 1.89. The molecule has 18 heavy (non-hydrogen) atoms. The van der Waals surface area contributed by atoms with E-state index in [2.05, 4.69) is 17.1 Å². The zero-order valence-electron chi connectivity index (χ0n) is 10.2. The van der Waals surface area contributed by atoms with Gasteiger partial charge in [0.25, 0.3) is 0 Å². The Morgan fingerprint density at radius 2 is 2.00 bits per heavy atom. The molecule has 1 heterocycles. The van der Waals surface area contributed by atoms with Crippen molar-refractivity contribution in [1.82, 2.24) is 14.8 Å². The molecule has 1 aromatic carbocycles. The second-order valence-corrected chi connectivity index (χ2v) is 4.02. The van der Waals surface area contributed by atoms with Crippen molar-refractivity contribution in [2.75, 3.05) is 0 Å². The van der Waals surface area contributed by atoms with E-state index in [1.165, 1.54) is 0 Å². The molecule has 0 bridgehead atoms. The maximum Gasteiger partial charge on any atom is 0.374 e. The fourth-order valence-corrected chi connectivity index (χ4v) is 1.79. The van der Waals surface area contributed by atoms with Gasteiger partial charge in [0.05, 0.1) is 0 Å². The largest absolute Gasteiger partial charge is 0.475 e. The first-order valence-electron chi connectivity index (χ1n) is 5.96. The molecular formula is C13H15N3O2. The molecule has 0 unspecified atom stereocenters. The lowest BCUT2D eigenvalue weighted by atomic mass is 10.2. The van der Waals surface area contributed by atoms with Crippen molar-refractivity contribution in [1.29, 1.82) is 0 Å². The molecule has 5 heteroatoms. The molecule has 2 rings (SSSR count). The zero-order chi connectivity index (χ0) is 13.0. The SMILES string of the molecule is CCCCn1c(C(=O)O)nnc1-c1ccccc1. The summed E-state index contributed by atoms with van der Waals surface area (Å²) in [7, 11) is 0. The van der Waals surface area contributed by atoms with E-state index in [0.29, 0.717) is 12.4 Å². The van der Waals surface area contributed by atoms with Crippen LogP contribution in [0.3, 0.4) is 0 Å². The first-order valence-corrected chi connectivity index (χ1v) is 5.96. The maximum atomic E-state index is 11.1. The highest BCUT2D eigenvalue weighted by Gasteiger charge is 2.18. The number of rotatable bonds is 5. The van der Waals surface area contributed by atoms with Crippen LogP contribution < -0.4 is 0 Å². The van der Waals surface area contributed by atoms with Crippen molar-refractivity contribution in [2.24, 2.45) is 0 Å². The monoisotopic (exact) mass is 245 g/mol. The molecule has 0 saturated carbocycles. The molecule has 0 aliphatic heterocycles. The smallest absolute Gasteiger partial charge is 0.374 e. The zero-order valence-corrected chi connectivity index (χ0v) is 10.2. The molecule has 0 spiro atoms. The van der Waals surface area contributed by atoms with Crippen LogP contribution in [0.15, 0.2) is 30.3 Å². The van der Waals surface area contributed by atoms with E-state index in [9.17, 15) is 4.79 Å². The minimum atomic E-state index is -1.04. The molecule has 0 saturated heterocycles. The lowest BCUT2D eigenvalue weighted by Gasteiger charge is -2.07. The van der Waals surface area contributed by atoms with Crippen LogP contribution in [0.4, 0.5) is 0 Å². The highest BCUT2D eigenvalue weighted by molar-refractivity contribution is 5.84. The molecule has 1 aromatic heterocycles. The fraction of sp³-hybridized carbons (Fsp3) is 0.308. The molecule has 0 aliphatic carbocycles. The van der Waals surface area contributed by atoms with Gasteiger partial charge in [0.2, 0.25) is 5.82 Å². The molecule has 0 amide bonds. The third-order valence-electron chi connectivity index (χ3n) is 2.71. The molecule has 5 nitrogen and oxygen atoms in total. The van der Waals surface area contributed by atoms with Crippen molar-refractivity contribution < 1.29 is 9.90 Å². The van der Waals surface area contributed by atoms with Gasteiger partial charge >= 0.3 is 5.97 Å². The summed E-state index contributed by atoms with van der Waals surface area (Å²) in [5.74, 6) is -0.426. The second kappa shape index (κ2) is 5.44. The summed E-state index contributed by atoms with van der Waals surface area (Å²) < 4.78 is 1.67. The summed E-state index contributed by atoms with van der Waals surface area (Å²) in [6.45, 7) is 2.68. The molecule has 0 atom stereocenters. The standard InChI is InChI=1S/C13H15N3O2/c1-2-3-9-16-11(10-7-5-4-6-8-10)14-15-12(16)13(17)18/h4-8H,2-3,9H2,1H3,(H,17,18). The predicted molar refractivity (Wildman–Crippen MR) is 67.3 cm³/mol. The molecule has 2 aromatic rings. The van der Waals surface area contributed by atoms with Gasteiger partial charge in [-0.25, -0.2) is 4.79 Å². The second-order valence-electron chi connectivity index (χ2n) is 4.02. The lowest BCUT2D eigenvalue weighted by Crippen LogP contribution is -2.11. The van der Waals surface area contributed by atoms with E-state index >= 15 is 0 Å². The van der Waals surface area contributed by atoms with E-state index in [-0.39, 0.29) is 5.82 Å². The summed E-state index contributed by atoms with van der Waals surface area (Å²) in [5, 5.41) is 16.9. The number of hydrogen-bond donors (Lipinski definition) is 1. The van der Waals surface area contributed by atoms with Gasteiger partial charge in [-0.3, -0.25) is 0 Å². The van der Waals surface area contributed by atoms with Crippen LogP contribution in [-0.4, -0.2) is 25.8 Å². The van der Waals surface area contributed by atoms with E-state index in [4.69, 9.17) is 5.11 Å². The number of nitrogens with zero attached hydrogens (tertiary/aromatic N) is 3. The van der Waals surface area contributed by atoms with Crippen molar-refractivity contribution >= 4 is 5.97 Å². The third kappa shape index (κ3) is 2.40. The molecule has 94 valence electrons. The van der Waals surface area contributed by atoms with Gasteiger partial charge in [0.15, 0.2) is 5.82 Å². The van der Waals surface area contributed by atoms with Gasteiger partial charge in [-0.2, -0.15) is 0 Å². The molecule has 1 N–H and O–H groups in total. The number of unbranched alkanes of at least 4 members (excludes halogenated alkanes) is 1. The molecule has 0 aliphatic rings. The summed E-state index contributed by atoms with van der Waals surface area (Å²) in [6, 6.07) is 9.51. The first-order chi connectivity index (χ1) is 8.74. The third-order valence-corrected chi connectivity index (χ3v) is 2.71. The average molecular weight is 245 g/mol. The number of carbonyl (C=O) groups is 1. The van der Waals surface area contributed by atoms with Crippen LogP contribution in [0, 0.1) is 0 Å². The van der Waals surface area contributed by atoms with E-state index in [0.717, 1.165) is 18.4 Å². The van der Waals surface area contributed by atoms with Crippen LogP contribution in [0.1, 0.15) is 30.4 Å². The van der Waals surface area contributed by atoms with Crippen LogP contribution in [-0.2, 0) is 6.54 Å².